The lowest BCUT2D eigenvalue weighted by Gasteiger charge is -2.06. The number of benzene rings is 2. The Hall–Kier alpha value is -2.88. The van der Waals surface area contributed by atoms with Crippen LogP contribution in [0.4, 0.5) is 0 Å². The second-order valence-electron chi connectivity index (χ2n) is 6.13. The first-order valence-electron chi connectivity index (χ1n) is 8.94. The lowest BCUT2D eigenvalue weighted by molar-refractivity contribution is -0.123. The van der Waals surface area contributed by atoms with Crippen molar-refractivity contribution >= 4 is 18.2 Å². The first-order valence-corrected chi connectivity index (χ1v) is 8.94. The SMILES string of the molecule is CCCCc1ccc(OCC(=O)N/N=C/C(C)=C\c2ccccc2)cc1. The van der Waals surface area contributed by atoms with Crippen molar-refractivity contribution in [1.29, 1.82) is 0 Å². The molecule has 0 atom stereocenters. The van der Waals surface area contributed by atoms with Gasteiger partial charge in [-0.25, -0.2) is 5.43 Å². The number of nitrogens with zero attached hydrogens (tertiary/aromatic N) is 1. The number of ether oxygens (including phenoxy) is 1. The molecule has 0 radical (unpaired) electrons. The van der Waals surface area contributed by atoms with Gasteiger partial charge in [-0.2, -0.15) is 5.10 Å². The number of hydrogen-bond donors (Lipinski definition) is 1. The van der Waals surface area contributed by atoms with E-state index in [9.17, 15) is 4.79 Å². The molecule has 1 N–H and O–H groups in total. The van der Waals surface area contributed by atoms with E-state index in [-0.39, 0.29) is 12.5 Å². The zero-order valence-corrected chi connectivity index (χ0v) is 15.4. The second kappa shape index (κ2) is 10.9. The minimum absolute atomic E-state index is 0.0624. The Morgan fingerprint density at radius 2 is 1.85 bits per heavy atom. The van der Waals surface area contributed by atoms with E-state index in [4.69, 9.17) is 4.74 Å². The molecular weight excluding hydrogens is 324 g/mol. The van der Waals surface area contributed by atoms with E-state index in [0.29, 0.717) is 5.75 Å². The minimum atomic E-state index is -0.288. The highest BCUT2D eigenvalue weighted by molar-refractivity contribution is 5.86. The summed E-state index contributed by atoms with van der Waals surface area (Å²) in [7, 11) is 0. The molecule has 0 heterocycles. The van der Waals surface area contributed by atoms with Gasteiger partial charge in [0.2, 0.25) is 0 Å². The van der Waals surface area contributed by atoms with Crippen molar-refractivity contribution < 1.29 is 9.53 Å². The predicted molar refractivity (Wildman–Crippen MR) is 107 cm³/mol. The number of unbranched alkanes of at least 4 members (excludes halogenated alkanes) is 1. The van der Waals surface area contributed by atoms with Crippen LogP contribution in [0.2, 0.25) is 0 Å². The molecule has 0 saturated carbocycles. The topological polar surface area (TPSA) is 50.7 Å². The van der Waals surface area contributed by atoms with Gasteiger partial charge in [0.05, 0.1) is 6.21 Å². The minimum Gasteiger partial charge on any atom is -0.484 e. The van der Waals surface area contributed by atoms with Gasteiger partial charge in [-0.1, -0.05) is 61.9 Å². The molecule has 26 heavy (non-hydrogen) atoms. The number of carbonyl (C=O) groups excluding carboxylic acids is 1. The van der Waals surface area contributed by atoms with E-state index in [1.165, 1.54) is 18.4 Å². The van der Waals surface area contributed by atoms with Gasteiger partial charge in [-0.05, 0) is 48.6 Å². The summed E-state index contributed by atoms with van der Waals surface area (Å²) in [5, 5.41) is 3.95. The molecule has 4 nitrogen and oxygen atoms in total. The van der Waals surface area contributed by atoms with Crippen LogP contribution in [0.1, 0.15) is 37.8 Å². The van der Waals surface area contributed by atoms with Gasteiger partial charge < -0.3 is 4.74 Å². The van der Waals surface area contributed by atoms with Gasteiger partial charge in [0, 0.05) is 0 Å². The Kier molecular flexibility index (Phi) is 8.13. The summed E-state index contributed by atoms with van der Waals surface area (Å²) in [6.45, 7) is 4.05. The molecule has 0 aliphatic heterocycles. The number of hydrogen-bond acceptors (Lipinski definition) is 3. The number of rotatable bonds is 9. The highest BCUT2D eigenvalue weighted by atomic mass is 16.5. The fourth-order valence-electron chi connectivity index (χ4n) is 2.37. The molecule has 0 aliphatic rings. The maximum absolute atomic E-state index is 11.8. The Balaban J connectivity index is 1.74. The largest absolute Gasteiger partial charge is 0.484 e. The third-order valence-corrected chi connectivity index (χ3v) is 3.76. The van der Waals surface area contributed by atoms with Gasteiger partial charge in [0.15, 0.2) is 6.61 Å². The normalized spacial score (nSPS) is 11.5. The summed E-state index contributed by atoms with van der Waals surface area (Å²) in [6.07, 6.45) is 7.04. The zero-order chi connectivity index (χ0) is 18.6. The summed E-state index contributed by atoms with van der Waals surface area (Å²) < 4.78 is 5.48. The Morgan fingerprint density at radius 1 is 1.12 bits per heavy atom. The lowest BCUT2D eigenvalue weighted by atomic mass is 10.1. The highest BCUT2D eigenvalue weighted by Crippen LogP contribution is 2.13. The van der Waals surface area contributed by atoms with Gasteiger partial charge in [0.1, 0.15) is 5.75 Å². The first kappa shape index (κ1) is 19.4. The van der Waals surface area contributed by atoms with Gasteiger partial charge in [0.25, 0.3) is 5.91 Å². The van der Waals surface area contributed by atoms with Crippen LogP contribution in [0.3, 0.4) is 0 Å². The number of amides is 1. The van der Waals surface area contributed by atoms with Crippen molar-refractivity contribution in [3.8, 4) is 5.75 Å². The third kappa shape index (κ3) is 7.34. The van der Waals surface area contributed by atoms with Crippen molar-refractivity contribution in [2.45, 2.75) is 33.1 Å². The van der Waals surface area contributed by atoms with E-state index < -0.39 is 0 Å². The van der Waals surface area contributed by atoms with E-state index in [1.54, 1.807) is 6.21 Å². The van der Waals surface area contributed by atoms with E-state index >= 15 is 0 Å². The summed E-state index contributed by atoms with van der Waals surface area (Å²) in [4.78, 5) is 11.8. The van der Waals surface area contributed by atoms with Crippen LogP contribution in [0.5, 0.6) is 5.75 Å². The molecule has 0 aliphatic carbocycles. The van der Waals surface area contributed by atoms with Crippen LogP contribution in [0.25, 0.3) is 6.08 Å². The number of nitrogens with one attached hydrogen (secondary N) is 1. The standard InChI is InChI=1S/C22H26N2O2/c1-3-4-8-19-11-13-21(14-12-19)26-17-22(25)24-23-16-18(2)15-20-9-6-5-7-10-20/h5-7,9-16H,3-4,8,17H2,1-2H3,(H,24,25)/b18-15-,23-16+. The van der Waals surface area contributed by atoms with Crippen molar-refractivity contribution in [3.63, 3.8) is 0 Å². The fraction of sp³-hybridized carbons (Fsp3) is 0.273. The highest BCUT2D eigenvalue weighted by Gasteiger charge is 2.01. The van der Waals surface area contributed by atoms with E-state index in [1.807, 2.05) is 67.6 Å². The molecule has 2 aromatic carbocycles. The molecule has 0 spiro atoms. The Labute approximate surface area is 155 Å². The van der Waals surface area contributed by atoms with Crippen molar-refractivity contribution in [2.75, 3.05) is 6.61 Å². The molecule has 0 fully saturated rings. The van der Waals surface area contributed by atoms with E-state index in [2.05, 4.69) is 17.5 Å². The van der Waals surface area contributed by atoms with Crippen LogP contribution in [-0.4, -0.2) is 18.7 Å². The fourth-order valence-corrected chi connectivity index (χ4v) is 2.37. The molecule has 0 saturated heterocycles. The third-order valence-electron chi connectivity index (χ3n) is 3.76. The number of carbonyl (C=O) groups is 1. The number of hydrazone groups is 1. The van der Waals surface area contributed by atoms with Crippen LogP contribution in [0, 0.1) is 0 Å². The van der Waals surface area contributed by atoms with Crippen LogP contribution in [0.15, 0.2) is 65.3 Å². The molecule has 136 valence electrons. The van der Waals surface area contributed by atoms with Crippen molar-refractivity contribution in [1.82, 2.24) is 5.43 Å². The molecule has 2 rings (SSSR count). The molecule has 2 aromatic rings. The molecular formula is C22H26N2O2. The molecule has 4 heteroatoms. The summed E-state index contributed by atoms with van der Waals surface area (Å²) in [5.41, 5.74) is 5.80. The van der Waals surface area contributed by atoms with Crippen LogP contribution >= 0.6 is 0 Å². The average Bonchev–Trinajstić information content (AvgIpc) is 2.66. The average molecular weight is 350 g/mol. The molecule has 1 amide bonds. The Bertz CT molecular complexity index is 734. The molecule has 0 bridgehead atoms. The maximum Gasteiger partial charge on any atom is 0.277 e. The zero-order valence-electron chi connectivity index (χ0n) is 15.4. The monoisotopic (exact) mass is 350 g/mol. The van der Waals surface area contributed by atoms with E-state index in [0.717, 1.165) is 17.6 Å². The van der Waals surface area contributed by atoms with Crippen LogP contribution < -0.4 is 10.2 Å². The quantitative estimate of drug-likeness (QED) is 0.530. The second-order valence-corrected chi connectivity index (χ2v) is 6.13. The summed E-state index contributed by atoms with van der Waals surface area (Å²) >= 11 is 0. The predicted octanol–water partition coefficient (Wildman–Crippen LogP) is 4.61. The van der Waals surface area contributed by atoms with Crippen LogP contribution in [-0.2, 0) is 11.2 Å². The first-order chi connectivity index (χ1) is 12.7. The summed E-state index contributed by atoms with van der Waals surface area (Å²) in [5.74, 6) is 0.397. The summed E-state index contributed by atoms with van der Waals surface area (Å²) in [6, 6.07) is 17.8. The maximum atomic E-state index is 11.8. The van der Waals surface area contributed by atoms with Crippen molar-refractivity contribution in [2.24, 2.45) is 5.10 Å². The number of allylic oxidation sites excluding steroid dienone is 1. The smallest absolute Gasteiger partial charge is 0.277 e. The Morgan fingerprint density at radius 3 is 2.54 bits per heavy atom. The molecule has 0 aromatic heterocycles. The van der Waals surface area contributed by atoms with Gasteiger partial charge in [-0.3, -0.25) is 4.79 Å². The van der Waals surface area contributed by atoms with Gasteiger partial charge in [-0.15, -0.1) is 0 Å². The number of aryl methyl sites for hydroxylation is 1. The van der Waals surface area contributed by atoms with Crippen molar-refractivity contribution in [3.05, 3.63) is 71.3 Å². The lowest BCUT2D eigenvalue weighted by Crippen LogP contribution is -2.24. The van der Waals surface area contributed by atoms with Gasteiger partial charge >= 0.3 is 0 Å². The molecule has 0 unspecified atom stereocenters.